The van der Waals surface area contributed by atoms with Crippen molar-refractivity contribution in [2.24, 2.45) is 5.92 Å². The van der Waals surface area contributed by atoms with Gasteiger partial charge in [0.15, 0.2) is 17.3 Å². The van der Waals surface area contributed by atoms with E-state index in [-0.39, 0.29) is 0 Å². The molecule has 1 saturated carbocycles. The van der Waals surface area contributed by atoms with Crippen LogP contribution < -0.4 is 10.6 Å². The molecule has 3 heterocycles. The normalized spacial score (nSPS) is 15.9. The van der Waals surface area contributed by atoms with Crippen molar-refractivity contribution in [1.82, 2.24) is 30.1 Å². The number of anilines is 3. The monoisotopic (exact) mass is 298 g/mol. The fourth-order valence-corrected chi connectivity index (χ4v) is 2.52. The lowest BCUT2D eigenvalue weighted by Gasteiger charge is -2.14. The fraction of sp³-hybridized carbons (Fsp3) is 0.429. The summed E-state index contributed by atoms with van der Waals surface area (Å²) in [4.78, 5) is 16.3. The molecule has 3 aromatic rings. The van der Waals surface area contributed by atoms with Gasteiger partial charge in [-0.2, -0.15) is 15.1 Å². The molecular formula is C14H18N8. The molecule has 22 heavy (non-hydrogen) atoms. The SMILES string of the molecule is Cc1cc(Nc2nc(N[C@H](C)C3CC3)c3[nH]cnc3n2)n[nH]1. The second-order valence-electron chi connectivity index (χ2n) is 5.83. The van der Waals surface area contributed by atoms with Crippen molar-refractivity contribution in [2.75, 3.05) is 10.6 Å². The summed E-state index contributed by atoms with van der Waals surface area (Å²) in [6.07, 6.45) is 4.20. The zero-order chi connectivity index (χ0) is 15.1. The van der Waals surface area contributed by atoms with Crippen LogP contribution in [0.5, 0.6) is 0 Å². The predicted molar refractivity (Wildman–Crippen MR) is 84.1 cm³/mol. The lowest BCUT2D eigenvalue weighted by molar-refractivity contribution is 0.691. The number of hydrogen-bond donors (Lipinski definition) is 4. The van der Waals surface area contributed by atoms with Crippen LogP contribution in [0, 0.1) is 12.8 Å². The Labute approximate surface area is 127 Å². The van der Waals surface area contributed by atoms with Crippen molar-refractivity contribution < 1.29 is 0 Å². The highest BCUT2D eigenvalue weighted by atomic mass is 15.2. The van der Waals surface area contributed by atoms with Gasteiger partial charge in [0.05, 0.1) is 6.33 Å². The second kappa shape index (κ2) is 4.97. The van der Waals surface area contributed by atoms with Gasteiger partial charge in [0.1, 0.15) is 5.52 Å². The average Bonchev–Trinajstić information content (AvgIpc) is 3.11. The predicted octanol–water partition coefficient (Wildman–Crippen LogP) is 2.34. The first-order valence-electron chi connectivity index (χ1n) is 7.46. The van der Waals surface area contributed by atoms with Crippen LogP contribution in [0.3, 0.4) is 0 Å². The number of nitrogens with one attached hydrogen (secondary N) is 4. The lowest BCUT2D eigenvalue weighted by atomic mass is 10.2. The maximum Gasteiger partial charge on any atom is 0.232 e. The van der Waals surface area contributed by atoms with Crippen LogP contribution in [0.1, 0.15) is 25.5 Å². The van der Waals surface area contributed by atoms with Gasteiger partial charge in [-0.05, 0) is 32.6 Å². The van der Waals surface area contributed by atoms with Gasteiger partial charge in [0.25, 0.3) is 0 Å². The van der Waals surface area contributed by atoms with Gasteiger partial charge >= 0.3 is 0 Å². The van der Waals surface area contributed by atoms with E-state index in [9.17, 15) is 0 Å². The minimum atomic E-state index is 0.391. The highest BCUT2D eigenvalue weighted by Crippen LogP contribution is 2.34. The lowest BCUT2D eigenvalue weighted by Crippen LogP contribution is -2.19. The first-order valence-corrected chi connectivity index (χ1v) is 7.46. The van der Waals surface area contributed by atoms with Crippen molar-refractivity contribution in [3.05, 3.63) is 18.1 Å². The Morgan fingerprint density at radius 2 is 2.18 bits per heavy atom. The molecule has 4 rings (SSSR count). The van der Waals surface area contributed by atoms with E-state index in [1.54, 1.807) is 6.33 Å². The first kappa shape index (κ1) is 13.1. The van der Waals surface area contributed by atoms with E-state index >= 15 is 0 Å². The Bertz CT molecular complexity index is 800. The number of rotatable bonds is 5. The van der Waals surface area contributed by atoms with Crippen molar-refractivity contribution in [1.29, 1.82) is 0 Å². The molecule has 0 bridgehead atoms. The third-order valence-electron chi connectivity index (χ3n) is 3.92. The van der Waals surface area contributed by atoms with Gasteiger partial charge in [-0.3, -0.25) is 5.10 Å². The molecule has 1 fully saturated rings. The van der Waals surface area contributed by atoms with Gasteiger partial charge in [0, 0.05) is 17.8 Å². The Kier molecular flexibility index (Phi) is 2.95. The minimum absolute atomic E-state index is 0.391. The summed E-state index contributed by atoms with van der Waals surface area (Å²) in [6, 6.07) is 2.29. The number of aromatic nitrogens is 6. The Hall–Kier alpha value is -2.64. The molecule has 0 amide bonds. The molecule has 4 N–H and O–H groups in total. The van der Waals surface area contributed by atoms with Gasteiger partial charge in [-0.1, -0.05) is 0 Å². The molecule has 114 valence electrons. The molecule has 8 heteroatoms. The summed E-state index contributed by atoms with van der Waals surface area (Å²) in [6.45, 7) is 4.13. The van der Waals surface area contributed by atoms with E-state index in [4.69, 9.17) is 0 Å². The topological polar surface area (TPSA) is 107 Å². The number of hydrogen-bond acceptors (Lipinski definition) is 6. The number of fused-ring (bicyclic) bond motifs is 1. The maximum atomic E-state index is 4.57. The van der Waals surface area contributed by atoms with E-state index in [1.807, 2.05) is 13.0 Å². The highest BCUT2D eigenvalue weighted by molar-refractivity contribution is 5.84. The second-order valence-corrected chi connectivity index (χ2v) is 5.83. The van der Waals surface area contributed by atoms with Crippen LogP contribution in [0.15, 0.2) is 12.4 Å². The van der Waals surface area contributed by atoms with E-state index in [0.717, 1.165) is 22.9 Å². The molecule has 8 nitrogen and oxygen atoms in total. The minimum Gasteiger partial charge on any atom is -0.365 e. The molecule has 0 radical (unpaired) electrons. The van der Waals surface area contributed by atoms with E-state index in [0.29, 0.717) is 23.5 Å². The Balaban J connectivity index is 1.66. The van der Waals surface area contributed by atoms with Crippen LogP contribution in [0.4, 0.5) is 17.6 Å². The summed E-state index contributed by atoms with van der Waals surface area (Å²) < 4.78 is 0. The largest absolute Gasteiger partial charge is 0.365 e. The van der Waals surface area contributed by atoms with Crippen molar-refractivity contribution >= 4 is 28.7 Å². The number of nitrogens with zero attached hydrogens (tertiary/aromatic N) is 4. The standard InChI is InChI=1S/C14H18N8/c1-7-5-10(22-21-7)18-14-19-12-11(15-6-16-12)13(20-14)17-8(2)9-3-4-9/h5-6,8-9H,3-4H2,1-2H3,(H4,15,16,17,18,19,20,21,22)/t8-/m1/s1. The number of aryl methyl sites for hydroxylation is 1. The number of aromatic amines is 2. The summed E-state index contributed by atoms with van der Waals surface area (Å²) in [5, 5.41) is 13.6. The van der Waals surface area contributed by atoms with Crippen molar-refractivity contribution in [3.63, 3.8) is 0 Å². The van der Waals surface area contributed by atoms with Crippen LogP contribution in [-0.2, 0) is 0 Å². The van der Waals surface area contributed by atoms with Crippen molar-refractivity contribution in [3.8, 4) is 0 Å². The molecule has 1 aliphatic rings. The summed E-state index contributed by atoms with van der Waals surface area (Å²) in [7, 11) is 0. The van der Waals surface area contributed by atoms with Gasteiger partial charge in [-0.25, -0.2) is 4.98 Å². The third-order valence-corrected chi connectivity index (χ3v) is 3.92. The zero-order valence-electron chi connectivity index (χ0n) is 12.5. The fourth-order valence-electron chi connectivity index (χ4n) is 2.52. The molecule has 0 spiro atoms. The van der Waals surface area contributed by atoms with Crippen LogP contribution in [0.25, 0.3) is 11.2 Å². The smallest absolute Gasteiger partial charge is 0.232 e. The Morgan fingerprint density at radius 3 is 2.91 bits per heavy atom. The van der Waals surface area contributed by atoms with Gasteiger partial charge < -0.3 is 15.6 Å². The molecule has 1 aliphatic carbocycles. The molecule has 0 unspecified atom stereocenters. The maximum absolute atomic E-state index is 4.57. The van der Waals surface area contributed by atoms with Crippen LogP contribution in [-0.4, -0.2) is 36.2 Å². The molecule has 1 atom stereocenters. The average molecular weight is 298 g/mol. The summed E-state index contributed by atoms with van der Waals surface area (Å²) in [5.41, 5.74) is 2.44. The van der Waals surface area contributed by atoms with E-state index in [2.05, 4.69) is 47.7 Å². The number of H-pyrrole nitrogens is 2. The van der Waals surface area contributed by atoms with Crippen LogP contribution in [0.2, 0.25) is 0 Å². The Morgan fingerprint density at radius 1 is 1.32 bits per heavy atom. The van der Waals surface area contributed by atoms with Crippen LogP contribution >= 0.6 is 0 Å². The molecule has 3 aromatic heterocycles. The van der Waals surface area contributed by atoms with Gasteiger partial charge in [0.2, 0.25) is 5.95 Å². The first-order chi connectivity index (χ1) is 10.7. The summed E-state index contributed by atoms with van der Waals surface area (Å²) in [5.74, 6) is 2.68. The molecule has 0 aromatic carbocycles. The summed E-state index contributed by atoms with van der Waals surface area (Å²) >= 11 is 0. The number of imidazole rings is 1. The zero-order valence-corrected chi connectivity index (χ0v) is 12.5. The highest BCUT2D eigenvalue weighted by Gasteiger charge is 2.28. The van der Waals surface area contributed by atoms with E-state index < -0.39 is 0 Å². The third kappa shape index (κ3) is 2.47. The van der Waals surface area contributed by atoms with E-state index in [1.165, 1.54) is 12.8 Å². The molecule has 0 saturated heterocycles. The molecular weight excluding hydrogens is 280 g/mol. The quantitative estimate of drug-likeness (QED) is 0.576. The molecule has 0 aliphatic heterocycles. The van der Waals surface area contributed by atoms with Crippen molar-refractivity contribution in [2.45, 2.75) is 32.7 Å². The van der Waals surface area contributed by atoms with Gasteiger partial charge in [-0.15, -0.1) is 0 Å².